The van der Waals surface area contributed by atoms with Gasteiger partial charge in [-0.2, -0.15) is 0 Å². The fourth-order valence-corrected chi connectivity index (χ4v) is 3.61. The first-order chi connectivity index (χ1) is 12.8. The van der Waals surface area contributed by atoms with Crippen molar-refractivity contribution < 1.29 is 14.2 Å². The summed E-state index contributed by atoms with van der Waals surface area (Å²) in [5, 5.41) is 3.57. The maximum Gasteiger partial charge on any atom is 0.165 e. The van der Waals surface area contributed by atoms with E-state index in [1.165, 1.54) is 11.3 Å². The maximum absolute atomic E-state index is 5.80. The molecule has 2 aliphatic rings. The Balaban J connectivity index is 1.43. The first kappa shape index (κ1) is 17.2. The summed E-state index contributed by atoms with van der Waals surface area (Å²) in [4.78, 5) is 2.42. The highest BCUT2D eigenvalue weighted by Gasteiger charge is 2.19. The molecule has 0 aromatic heterocycles. The van der Waals surface area contributed by atoms with Gasteiger partial charge >= 0.3 is 0 Å². The zero-order chi connectivity index (χ0) is 17.8. The van der Waals surface area contributed by atoms with E-state index in [-0.39, 0.29) is 6.10 Å². The third-order valence-electron chi connectivity index (χ3n) is 4.85. The zero-order valence-electron chi connectivity index (χ0n) is 15.2. The van der Waals surface area contributed by atoms with Gasteiger partial charge in [-0.15, -0.1) is 0 Å². The average Bonchev–Trinajstić information content (AvgIpc) is 2.68. The van der Waals surface area contributed by atoms with E-state index in [1.54, 1.807) is 0 Å². The number of anilines is 1. The highest BCUT2D eigenvalue weighted by Crippen LogP contribution is 2.33. The third kappa shape index (κ3) is 3.79. The van der Waals surface area contributed by atoms with Crippen molar-refractivity contribution in [1.82, 2.24) is 5.32 Å². The third-order valence-corrected chi connectivity index (χ3v) is 4.85. The number of morpholine rings is 1. The van der Waals surface area contributed by atoms with Gasteiger partial charge in [-0.3, -0.25) is 0 Å². The molecule has 1 atom stereocenters. The van der Waals surface area contributed by atoms with E-state index in [0.29, 0.717) is 13.2 Å². The number of benzene rings is 2. The molecular formula is C21H26N2O3. The van der Waals surface area contributed by atoms with Crippen LogP contribution in [0.5, 0.6) is 11.5 Å². The van der Waals surface area contributed by atoms with Gasteiger partial charge in [-0.1, -0.05) is 30.3 Å². The van der Waals surface area contributed by atoms with Crippen molar-refractivity contribution in [3.63, 3.8) is 0 Å². The topological polar surface area (TPSA) is 43.0 Å². The summed E-state index contributed by atoms with van der Waals surface area (Å²) in [6, 6.07) is 14.7. The summed E-state index contributed by atoms with van der Waals surface area (Å²) in [6.07, 6.45) is 0.276. The number of nitrogens with one attached hydrogen (secondary N) is 1. The number of fused-ring (bicyclic) bond motifs is 1. The molecule has 4 rings (SSSR count). The van der Waals surface area contributed by atoms with Crippen molar-refractivity contribution in [2.45, 2.75) is 26.1 Å². The average molecular weight is 354 g/mol. The van der Waals surface area contributed by atoms with E-state index >= 15 is 0 Å². The van der Waals surface area contributed by atoms with Crippen molar-refractivity contribution in [2.75, 3.05) is 37.8 Å². The molecule has 26 heavy (non-hydrogen) atoms. The molecule has 1 N–H and O–H groups in total. The Morgan fingerprint density at radius 3 is 2.69 bits per heavy atom. The van der Waals surface area contributed by atoms with E-state index in [0.717, 1.165) is 49.8 Å². The van der Waals surface area contributed by atoms with E-state index in [9.17, 15) is 0 Å². The normalized spacial score (nSPS) is 19.4. The van der Waals surface area contributed by atoms with Crippen molar-refractivity contribution in [2.24, 2.45) is 0 Å². The van der Waals surface area contributed by atoms with E-state index < -0.39 is 0 Å². The van der Waals surface area contributed by atoms with Crippen LogP contribution in [-0.2, 0) is 17.8 Å². The van der Waals surface area contributed by atoms with Gasteiger partial charge < -0.3 is 24.4 Å². The Bertz CT molecular complexity index is 750. The van der Waals surface area contributed by atoms with Gasteiger partial charge in [0.2, 0.25) is 0 Å². The Morgan fingerprint density at radius 2 is 1.77 bits per heavy atom. The molecular weight excluding hydrogens is 328 g/mol. The Hall–Kier alpha value is -2.24. The lowest BCUT2D eigenvalue weighted by Crippen LogP contribution is -2.41. The monoisotopic (exact) mass is 354 g/mol. The molecule has 0 aliphatic carbocycles. The number of hydrogen-bond donors (Lipinski definition) is 1. The summed E-state index contributed by atoms with van der Waals surface area (Å²) < 4.78 is 17.1. The SMILES string of the molecule is CC1CN(c2ccccc2CNCc2cccc3c2OCCO3)CCO1. The molecule has 0 amide bonds. The molecule has 1 fully saturated rings. The van der Waals surface area contributed by atoms with Crippen LogP contribution >= 0.6 is 0 Å². The molecule has 1 saturated heterocycles. The highest BCUT2D eigenvalue weighted by atomic mass is 16.6. The lowest BCUT2D eigenvalue weighted by Gasteiger charge is -2.34. The van der Waals surface area contributed by atoms with E-state index in [2.05, 4.69) is 47.5 Å². The molecule has 5 heteroatoms. The van der Waals surface area contributed by atoms with Crippen LogP contribution in [0, 0.1) is 0 Å². The smallest absolute Gasteiger partial charge is 0.165 e. The van der Waals surface area contributed by atoms with Crippen LogP contribution in [0.15, 0.2) is 42.5 Å². The predicted molar refractivity (Wildman–Crippen MR) is 102 cm³/mol. The molecule has 2 aliphatic heterocycles. The minimum atomic E-state index is 0.276. The van der Waals surface area contributed by atoms with E-state index in [4.69, 9.17) is 14.2 Å². The largest absolute Gasteiger partial charge is 0.486 e. The van der Waals surface area contributed by atoms with Crippen LogP contribution in [-0.4, -0.2) is 39.0 Å². The lowest BCUT2D eigenvalue weighted by molar-refractivity contribution is 0.0531. The number of nitrogens with zero attached hydrogens (tertiary/aromatic N) is 1. The Labute approximate surface area is 154 Å². The van der Waals surface area contributed by atoms with E-state index in [1.807, 2.05) is 12.1 Å². The number of para-hydroxylation sites is 2. The van der Waals surface area contributed by atoms with Crippen LogP contribution in [0.1, 0.15) is 18.1 Å². The standard InChI is InChI=1S/C21H26N2O3/c1-16-15-23(9-10-24-16)19-7-3-2-5-17(19)13-22-14-18-6-4-8-20-21(18)26-12-11-25-20/h2-8,16,22H,9-15H2,1H3. The second-order valence-electron chi connectivity index (χ2n) is 6.80. The maximum atomic E-state index is 5.80. The quantitative estimate of drug-likeness (QED) is 0.894. The Kier molecular flexibility index (Phi) is 5.27. The number of hydrogen-bond acceptors (Lipinski definition) is 5. The molecule has 1 unspecified atom stereocenters. The van der Waals surface area contributed by atoms with Crippen LogP contribution < -0.4 is 19.7 Å². The van der Waals surface area contributed by atoms with Gasteiger partial charge in [0.15, 0.2) is 11.5 Å². The summed E-state index contributed by atoms with van der Waals surface area (Å²) >= 11 is 0. The van der Waals surface area contributed by atoms with Crippen LogP contribution in [0.25, 0.3) is 0 Å². The molecule has 138 valence electrons. The van der Waals surface area contributed by atoms with Gasteiger partial charge in [0.05, 0.1) is 12.7 Å². The van der Waals surface area contributed by atoms with Crippen molar-refractivity contribution >= 4 is 5.69 Å². The van der Waals surface area contributed by atoms with Crippen molar-refractivity contribution in [3.8, 4) is 11.5 Å². The van der Waals surface area contributed by atoms with Crippen LogP contribution in [0.3, 0.4) is 0 Å². The van der Waals surface area contributed by atoms with Gasteiger partial charge in [-0.05, 0) is 24.6 Å². The highest BCUT2D eigenvalue weighted by molar-refractivity contribution is 5.54. The summed E-state index contributed by atoms with van der Waals surface area (Å²) in [7, 11) is 0. The zero-order valence-corrected chi connectivity index (χ0v) is 15.2. The fraction of sp³-hybridized carbons (Fsp3) is 0.429. The molecule has 5 nitrogen and oxygen atoms in total. The second-order valence-corrected chi connectivity index (χ2v) is 6.80. The van der Waals surface area contributed by atoms with Crippen LogP contribution in [0.4, 0.5) is 5.69 Å². The van der Waals surface area contributed by atoms with Crippen LogP contribution in [0.2, 0.25) is 0 Å². The molecule has 2 aromatic carbocycles. The molecule has 0 bridgehead atoms. The summed E-state index contributed by atoms with van der Waals surface area (Å²) in [5.41, 5.74) is 3.74. The molecule has 2 aromatic rings. The van der Waals surface area contributed by atoms with Gasteiger partial charge in [0, 0.05) is 37.4 Å². The summed E-state index contributed by atoms with van der Waals surface area (Å²) in [6.45, 7) is 7.60. The lowest BCUT2D eigenvalue weighted by atomic mass is 10.1. The van der Waals surface area contributed by atoms with Crippen molar-refractivity contribution in [1.29, 1.82) is 0 Å². The van der Waals surface area contributed by atoms with Gasteiger partial charge in [0.25, 0.3) is 0 Å². The minimum absolute atomic E-state index is 0.276. The van der Waals surface area contributed by atoms with Gasteiger partial charge in [0.1, 0.15) is 13.2 Å². The summed E-state index contributed by atoms with van der Waals surface area (Å²) in [5.74, 6) is 1.72. The number of rotatable bonds is 5. The first-order valence-corrected chi connectivity index (χ1v) is 9.34. The van der Waals surface area contributed by atoms with Crippen molar-refractivity contribution in [3.05, 3.63) is 53.6 Å². The molecule has 0 spiro atoms. The Morgan fingerprint density at radius 1 is 0.962 bits per heavy atom. The first-order valence-electron chi connectivity index (χ1n) is 9.34. The fourth-order valence-electron chi connectivity index (χ4n) is 3.61. The molecule has 0 radical (unpaired) electrons. The molecule has 0 saturated carbocycles. The number of ether oxygens (including phenoxy) is 3. The van der Waals surface area contributed by atoms with Gasteiger partial charge in [-0.25, -0.2) is 0 Å². The molecule has 2 heterocycles. The second kappa shape index (κ2) is 7.98. The predicted octanol–water partition coefficient (Wildman–Crippen LogP) is 2.97. The minimum Gasteiger partial charge on any atom is -0.486 e.